The van der Waals surface area contributed by atoms with Crippen LogP contribution in [0.1, 0.15) is 6.04 Å². The largest absolute Gasteiger partial charge is 0.351 e. The lowest BCUT2D eigenvalue weighted by Gasteiger charge is -2.39. The maximum atomic E-state index is 11.8. The third-order valence-corrected chi connectivity index (χ3v) is 4.66. The highest BCUT2D eigenvalue weighted by Gasteiger charge is 2.31. The highest BCUT2D eigenvalue weighted by atomic mass is 16.2. The van der Waals surface area contributed by atoms with Crippen LogP contribution in [0.25, 0.3) is 5.82 Å². The molecule has 3 aromatic rings. The first kappa shape index (κ1) is 14.9. The number of anilines is 2. The molecule has 0 bridgehead atoms. The maximum Gasteiger partial charge on any atom is 0.322 e. The molecule has 0 atom stereocenters. The van der Waals surface area contributed by atoms with E-state index in [0.29, 0.717) is 18.9 Å². The average molecular weight is 351 g/mol. The van der Waals surface area contributed by atoms with Crippen LogP contribution >= 0.6 is 0 Å². The fourth-order valence-electron chi connectivity index (χ4n) is 3.21. The van der Waals surface area contributed by atoms with Gasteiger partial charge in [0.2, 0.25) is 0 Å². The van der Waals surface area contributed by atoms with Crippen molar-refractivity contribution in [3.63, 3.8) is 0 Å². The Morgan fingerprint density at radius 1 is 1.12 bits per heavy atom. The van der Waals surface area contributed by atoms with Crippen molar-refractivity contribution >= 4 is 17.5 Å². The lowest BCUT2D eigenvalue weighted by Crippen LogP contribution is -2.48. The zero-order chi connectivity index (χ0) is 17.5. The summed E-state index contributed by atoms with van der Waals surface area (Å²) in [6.07, 6.45) is 10.7. The van der Waals surface area contributed by atoms with E-state index >= 15 is 0 Å². The van der Waals surface area contributed by atoms with Gasteiger partial charge in [-0.1, -0.05) is 0 Å². The van der Waals surface area contributed by atoms with Gasteiger partial charge in [0, 0.05) is 44.8 Å². The summed E-state index contributed by atoms with van der Waals surface area (Å²) in [5.74, 6) is 1.51. The van der Waals surface area contributed by atoms with Crippen LogP contribution in [0.4, 0.5) is 16.3 Å². The molecular weight excluding hydrogens is 334 g/mol. The van der Waals surface area contributed by atoms with Crippen LogP contribution in [-0.2, 0) is 0 Å². The van der Waals surface area contributed by atoms with Gasteiger partial charge in [-0.25, -0.2) is 14.5 Å². The van der Waals surface area contributed by atoms with E-state index in [1.165, 1.54) is 0 Å². The van der Waals surface area contributed by atoms with Gasteiger partial charge in [-0.2, -0.15) is 10.2 Å². The van der Waals surface area contributed by atoms with E-state index < -0.39 is 0 Å². The Bertz CT molecular complexity index is 929. The van der Waals surface area contributed by atoms with Crippen molar-refractivity contribution in [2.45, 2.75) is 6.04 Å². The van der Waals surface area contributed by atoms with E-state index in [1.807, 2.05) is 23.1 Å². The van der Waals surface area contributed by atoms with Crippen LogP contribution in [0.15, 0.2) is 43.2 Å². The minimum absolute atomic E-state index is 0.0644. The summed E-state index contributed by atoms with van der Waals surface area (Å²) in [5, 5.41) is 11.4. The fraction of sp³-hybridized carbons (Fsp3) is 0.312. The number of nitrogens with zero attached hydrogens (tertiary/aromatic N) is 8. The van der Waals surface area contributed by atoms with Gasteiger partial charge in [0.05, 0.1) is 30.3 Å². The van der Waals surface area contributed by atoms with Crippen molar-refractivity contribution < 1.29 is 4.79 Å². The van der Waals surface area contributed by atoms with Crippen molar-refractivity contribution in [3.05, 3.63) is 43.2 Å². The highest BCUT2D eigenvalue weighted by molar-refractivity contribution is 5.93. The molecule has 2 fully saturated rings. The second-order valence-corrected chi connectivity index (χ2v) is 6.31. The van der Waals surface area contributed by atoms with Crippen LogP contribution in [0.3, 0.4) is 0 Å². The first-order valence-corrected chi connectivity index (χ1v) is 8.44. The Morgan fingerprint density at radius 2 is 2.00 bits per heavy atom. The molecule has 3 aromatic heterocycles. The van der Waals surface area contributed by atoms with E-state index in [0.717, 1.165) is 24.6 Å². The van der Waals surface area contributed by atoms with E-state index in [4.69, 9.17) is 0 Å². The summed E-state index contributed by atoms with van der Waals surface area (Å²) < 4.78 is 3.61. The van der Waals surface area contributed by atoms with Gasteiger partial charge in [-0.3, -0.25) is 14.6 Å². The number of amides is 2. The molecule has 2 saturated heterocycles. The number of nitrogens with one attached hydrogen (secondary N) is 1. The Morgan fingerprint density at radius 3 is 2.77 bits per heavy atom. The Balaban J connectivity index is 1.27. The molecule has 2 aliphatic heterocycles. The molecule has 0 spiro atoms. The monoisotopic (exact) mass is 351 g/mol. The lowest BCUT2D eigenvalue weighted by atomic mass is 10.1. The molecule has 0 aromatic carbocycles. The molecule has 0 aliphatic carbocycles. The smallest absolute Gasteiger partial charge is 0.322 e. The minimum atomic E-state index is -0.0644. The molecule has 5 heterocycles. The molecule has 0 radical (unpaired) electrons. The molecule has 10 nitrogen and oxygen atoms in total. The maximum absolute atomic E-state index is 11.8. The number of hydrogen-bond acceptors (Lipinski definition) is 6. The molecule has 26 heavy (non-hydrogen) atoms. The Labute approximate surface area is 149 Å². The third-order valence-electron chi connectivity index (χ3n) is 4.66. The fourth-order valence-corrected chi connectivity index (χ4v) is 3.21. The number of aromatic nitrogens is 6. The van der Waals surface area contributed by atoms with E-state index in [1.54, 1.807) is 34.4 Å². The lowest BCUT2D eigenvalue weighted by molar-refractivity contribution is 0.252. The van der Waals surface area contributed by atoms with Crippen LogP contribution < -0.4 is 15.1 Å². The molecule has 5 rings (SSSR count). The second kappa shape index (κ2) is 5.83. The van der Waals surface area contributed by atoms with Crippen LogP contribution in [0.5, 0.6) is 0 Å². The number of carbonyl (C=O) groups excluding carboxylic acids is 1. The quantitative estimate of drug-likeness (QED) is 0.733. The zero-order valence-corrected chi connectivity index (χ0v) is 13.9. The molecule has 0 saturated carbocycles. The van der Waals surface area contributed by atoms with Crippen LogP contribution in [0, 0.1) is 0 Å². The van der Waals surface area contributed by atoms with Crippen molar-refractivity contribution in [1.82, 2.24) is 34.8 Å². The third kappa shape index (κ3) is 2.46. The van der Waals surface area contributed by atoms with Gasteiger partial charge in [0.1, 0.15) is 5.82 Å². The van der Waals surface area contributed by atoms with Crippen molar-refractivity contribution in [2.24, 2.45) is 0 Å². The molecule has 2 aliphatic rings. The van der Waals surface area contributed by atoms with Crippen LogP contribution in [-0.4, -0.2) is 61.7 Å². The number of carbonyl (C=O) groups is 1. The summed E-state index contributed by atoms with van der Waals surface area (Å²) in [6.45, 7) is 2.94. The van der Waals surface area contributed by atoms with Crippen molar-refractivity contribution in [3.8, 4) is 5.82 Å². The summed E-state index contributed by atoms with van der Waals surface area (Å²) >= 11 is 0. The highest BCUT2D eigenvalue weighted by Crippen LogP contribution is 2.27. The zero-order valence-electron chi connectivity index (χ0n) is 13.9. The average Bonchev–Trinajstić information content (AvgIpc) is 3.35. The molecule has 1 N–H and O–H groups in total. The van der Waals surface area contributed by atoms with E-state index in [2.05, 4.69) is 30.4 Å². The molecular formula is C16H17N9O. The molecule has 2 amide bonds. The summed E-state index contributed by atoms with van der Waals surface area (Å²) in [6, 6.07) is 2.04. The van der Waals surface area contributed by atoms with Crippen LogP contribution in [0.2, 0.25) is 0 Å². The number of rotatable bonds is 4. The molecule has 132 valence electrons. The topological polar surface area (TPSA) is 97.0 Å². The standard InChI is InChI=1S/C16H17N9O/c26-16-18-3-5-23(16)12-6-20-25(11-12)13-9-22(10-13)14-7-17-8-15(21-14)24-4-1-2-19-24/h1-2,4,6-8,11,13H,3,5,9-10H2,(H,18,26). The second-order valence-electron chi connectivity index (χ2n) is 6.31. The van der Waals surface area contributed by atoms with Crippen molar-refractivity contribution in [2.75, 3.05) is 36.0 Å². The van der Waals surface area contributed by atoms with Gasteiger partial charge in [-0.15, -0.1) is 0 Å². The van der Waals surface area contributed by atoms with Gasteiger partial charge >= 0.3 is 6.03 Å². The predicted molar refractivity (Wildman–Crippen MR) is 93.4 cm³/mol. The van der Waals surface area contributed by atoms with Gasteiger partial charge in [-0.05, 0) is 6.07 Å². The summed E-state index contributed by atoms with van der Waals surface area (Å²) in [5.41, 5.74) is 0.832. The number of hydrogen-bond donors (Lipinski definition) is 1. The van der Waals surface area contributed by atoms with E-state index in [9.17, 15) is 4.79 Å². The summed E-state index contributed by atoms with van der Waals surface area (Å²) in [7, 11) is 0. The number of urea groups is 1. The molecule has 0 unspecified atom stereocenters. The first-order chi connectivity index (χ1) is 12.8. The Kier molecular flexibility index (Phi) is 3.33. The van der Waals surface area contributed by atoms with Gasteiger partial charge in [0.15, 0.2) is 5.82 Å². The SMILES string of the molecule is O=C1NCCN1c1cnn(C2CN(c3cncc(-n4cccn4)n3)C2)c1. The predicted octanol–water partition coefficient (Wildman–Crippen LogP) is 0.450. The normalized spacial score (nSPS) is 17.5. The first-order valence-electron chi connectivity index (χ1n) is 8.44. The molecule has 10 heteroatoms. The summed E-state index contributed by atoms with van der Waals surface area (Å²) in [4.78, 5) is 24.5. The van der Waals surface area contributed by atoms with Crippen molar-refractivity contribution in [1.29, 1.82) is 0 Å². The minimum Gasteiger partial charge on any atom is -0.351 e. The van der Waals surface area contributed by atoms with Gasteiger partial charge < -0.3 is 10.2 Å². The Hall–Kier alpha value is -3.43. The van der Waals surface area contributed by atoms with Gasteiger partial charge in [0.25, 0.3) is 0 Å². The van der Waals surface area contributed by atoms with E-state index in [-0.39, 0.29) is 12.1 Å².